The average molecular weight is 297 g/mol. The number of aromatic nitrogens is 2. The van der Waals surface area contributed by atoms with Gasteiger partial charge >= 0.3 is 5.69 Å². The van der Waals surface area contributed by atoms with E-state index in [0.717, 1.165) is 26.1 Å². The molecule has 0 spiro atoms. The summed E-state index contributed by atoms with van der Waals surface area (Å²) < 4.78 is 0. The topological polar surface area (TPSA) is 122 Å². The molecule has 0 aliphatic rings. The summed E-state index contributed by atoms with van der Waals surface area (Å²) in [6.45, 7) is 9.28. The van der Waals surface area contributed by atoms with E-state index in [9.17, 15) is 10.1 Å². The first-order valence-electron chi connectivity index (χ1n) is 6.99. The summed E-state index contributed by atoms with van der Waals surface area (Å²) in [5, 5.41) is 14.1. The van der Waals surface area contributed by atoms with E-state index >= 15 is 0 Å². The highest BCUT2D eigenvalue weighted by Gasteiger charge is 2.21. The summed E-state index contributed by atoms with van der Waals surface area (Å²) in [5.74, 6) is 5.62. The molecule has 9 nitrogen and oxygen atoms in total. The molecule has 0 fully saturated rings. The quantitative estimate of drug-likeness (QED) is 0.268. The van der Waals surface area contributed by atoms with Gasteiger partial charge in [0.2, 0.25) is 11.8 Å². The zero-order valence-corrected chi connectivity index (χ0v) is 12.7. The molecule has 1 heterocycles. The molecule has 0 atom stereocenters. The second-order valence-corrected chi connectivity index (χ2v) is 4.54. The van der Waals surface area contributed by atoms with Gasteiger partial charge in [0.15, 0.2) is 0 Å². The van der Waals surface area contributed by atoms with Crippen molar-refractivity contribution >= 4 is 17.5 Å². The summed E-state index contributed by atoms with van der Waals surface area (Å²) >= 11 is 0. The Balaban J connectivity index is 2.73. The fraction of sp³-hybridized carbons (Fsp3) is 0.667. The number of nitrogens with two attached hydrogens (primary N) is 1. The molecule has 0 bridgehead atoms. The van der Waals surface area contributed by atoms with Crippen LogP contribution in [0, 0.1) is 17.0 Å². The van der Waals surface area contributed by atoms with Gasteiger partial charge < -0.3 is 10.2 Å². The second-order valence-electron chi connectivity index (χ2n) is 4.54. The van der Waals surface area contributed by atoms with Gasteiger partial charge in [-0.05, 0) is 33.0 Å². The summed E-state index contributed by atoms with van der Waals surface area (Å²) in [6.07, 6.45) is 0.868. The maximum atomic E-state index is 11.1. The molecule has 0 radical (unpaired) electrons. The Morgan fingerprint density at radius 3 is 2.52 bits per heavy atom. The summed E-state index contributed by atoms with van der Waals surface area (Å²) in [5.41, 5.74) is 2.47. The van der Waals surface area contributed by atoms with Gasteiger partial charge in [0.25, 0.3) is 0 Å². The predicted molar refractivity (Wildman–Crippen MR) is 82.1 cm³/mol. The summed E-state index contributed by atoms with van der Waals surface area (Å²) in [4.78, 5) is 20.8. The molecule has 118 valence electrons. The van der Waals surface area contributed by atoms with Crippen LogP contribution in [-0.2, 0) is 0 Å². The average Bonchev–Trinajstić information content (AvgIpc) is 2.46. The Morgan fingerprint density at radius 2 is 2.00 bits per heavy atom. The molecule has 1 rings (SSSR count). The fourth-order valence-electron chi connectivity index (χ4n) is 2.02. The maximum absolute atomic E-state index is 11.1. The Morgan fingerprint density at radius 1 is 1.33 bits per heavy atom. The molecule has 0 aliphatic carbocycles. The zero-order valence-electron chi connectivity index (χ0n) is 12.7. The highest BCUT2D eigenvalue weighted by Crippen LogP contribution is 2.26. The van der Waals surface area contributed by atoms with Gasteiger partial charge in [0.1, 0.15) is 5.69 Å². The number of aryl methyl sites for hydroxylation is 1. The molecule has 0 aliphatic heterocycles. The molecule has 0 saturated heterocycles. The number of hydrogen-bond donors (Lipinski definition) is 3. The molecular weight excluding hydrogens is 274 g/mol. The molecule has 4 N–H and O–H groups in total. The monoisotopic (exact) mass is 297 g/mol. The molecule has 0 unspecified atom stereocenters. The van der Waals surface area contributed by atoms with E-state index in [4.69, 9.17) is 5.84 Å². The van der Waals surface area contributed by atoms with Crippen molar-refractivity contribution in [2.45, 2.75) is 27.2 Å². The van der Waals surface area contributed by atoms with Crippen molar-refractivity contribution in [3.05, 3.63) is 15.8 Å². The molecule has 0 amide bonds. The van der Waals surface area contributed by atoms with E-state index in [1.54, 1.807) is 6.92 Å². The maximum Gasteiger partial charge on any atom is 0.332 e. The van der Waals surface area contributed by atoms with Crippen LogP contribution in [0.5, 0.6) is 0 Å². The van der Waals surface area contributed by atoms with Gasteiger partial charge in [0.05, 0.1) is 4.92 Å². The lowest BCUT2D eigenvalue weighted by molar-refractivity contribution is -0.385. The number of rotatable bonds is 9. The third-order valence-corrected chi connectivity index (χ3v) is 3.21. The molecule has 0 aromatic carbocycles. The minimum absolute atomic E-state index is 0.114. The van der Waals surface area contributed by atoms with E-state index in [-0.39, 0.29) is 23.1 Å². The van der Waals surface area contributed by atoms with Crippen LogP contribution in [0.3, 0.4) is 0 Å². The standard InChI is InChI=1S/C12H23N7O2/c1-4-18(5-2)8-6-7-14-11-10(19(20)21)9(3)15-12(16-11)17-13/h4-8,13H2,1-3H3,(H2,14,15,16,17). The van der Waals surface area contributed by atoms with Crippen molar-refractivity contribution in [1.82, 2.24) is 14.9 Å². The largest absolute Gasteiger partial charge is 0.364 e. The van der Waals surface area contributed by atoms with Crippen LogP contribution in [0.1, 0.15) is 26.0 Å². The first kappa shape index (κ1) is 17.1. The van der Waals surface area contributed by atoms with Gasteiger partial charge in [-0.2, -0.15) is 4.98 Å². The van der Waals surface area contributed by atoms with Crippen LogP contribution in [0.25, 0.3) is 0 Å². The molecule has 0 saturated carbocycles. The number of nitro groups is 1. The number of anilines is 2. The van der Waals surface area contributed by atoms with E-state index in [2.05, 4.69) is 39.5 Å². The van der Waals surface area contributed by atoms with Crippen molar-refractivity contribution in [1.29, 1.82) is 0 Å². The number of nitrogens with one attached hydrogen (secondary N) is 2. The van der Waals surface area contributed by atoms with Gasteiger partial charge in [-0.1, -0.05) is 13.8 Å². The van der Waals surface area contributed by atoms with Crippen molar-refractivity contribution in [3.8, 4) is 0 Å². The molecule has 9 heteroatoms. The number of nitrogens with zero attached hydrogens (tertiary/aromatic N) is 4. The molecule has 1 aromatic rings. The van der Waals surface area contributed by atoms with E-state index < -0.39 is 4.92 Å². The van der Waals surface area contributed by atoms with Crippen LogP contribution in [0.4, 0.5) is 17.5 Å². The highest BCUT2D eigenvalue weighted by molar-refractivity contribution is 5.60. The number of hydrogen-bond acceptors (Lipinski definition) is 8. The van der Waals surface area contributed by atoms with E-state index in [0.29, 0.717) is 6.54 Å². The van der Waals surface area contributed by atoms with Crippen molar-refractivity contribution in [2.75, 3.05) is 36.9 Å². The zero-order chi connectivity index (χ0) is 15.8. The molecule has 1 aromatic heterocycles. The smallest absolute Gasteiger partial charge is 0.332 e. The SMILES string of the molecule is CCN(CC)CCCNc1nc(NN)nc(C)c1[N+](=O)[O-]. The minimum Gasteiger partial charge on any atom is -0.364 e. The normalized spacial score (nSPS) is 10.7. The Kier molecular flexibility index (Phi) is 6.76. The Hall–Kier alpha value is -2.00. The Bertz CT molecular complexity index is 477. The van der Waals surface area contributed by atoms with Crippen LogP contribution in [0.15, 0.2) is 0 Å². The van der Waals surface area contributed by atoms with Crippen LogP contribution in [-0.4, -0.2) is 46.0 Å². The molecule has 21 heavy (non-hydrogen) atoms. The molecular formula is C12H23N7O2. The number of hydrazine groups is 1. The lowest BCUT2D eigenvalue weighted by Gasteiger charge is -2.17. The number of nitrogen functional groups attached to an aromatic ring is 1. The third kappa shape index (κ3) is 4.80. The van der Waals surface area contributed by atoms with Gasteiger partial charge in [-0.25, -0.2) is 10.8 Å². The minimum atomic E-state index is -0.484. The van der Waals surface area contributed by atoms with Crippen LogP contribution >= 0.6 is 0 Å². The third-order valence-electron chi connectivity index (χ3n) is 3.21. The van der Waals surface area contributed by atoms with Crippen LogP contribution < -0.4 is 16.6 Å². The highest BCUT2D eigenvalue weighted by atomic mass is 16.6. The van der Waals surface area contributed by atoms with Gasteiger partial charge in [-0.3, -0.25) is 15.5 Å². The fourth-order valence-corrected chi connectivity index (χ4v) is 2.02. The summed E-state index contributed by atoms with van der Waals surface area (Å²) in [6, 6.07) is 0. The Labute approximate surface area is 124 Å². The van der Waals surface area contributed by atoms with Crippen molar-refractivity contribution in [3.63, 3.8) is 0 Å². The summed E-state index contributed by atoms with van der Waals surface area (Å²) in [7, 11) is 0. The van der Waals surface area contributed by atoms with Gasteiger partial charge in [0, 0.05) is 6.54 Å². The second kappa shape index (κ2) is 8.32. The van der Waals surface area contributed by atoms with E-state index in [1.807, 2.05) is 0 Å². The first-order chi connectivity index (χ1) is 10.0. The lowest BCUT2D eigenvalue weighted by Crippen LogP contribution is -2.25. The van der Waals surface area contributed by atoms with Crippen molar-refractivity contribution in [2.24, 2.45) is 5.84 Å². The van der Waals surface area contributed by atoms with Crippen LogP contribution in [0.2, 0.25) is 0 Å². The predicted octanol–water partition coefficient (Wildman–Crippen LogP) is 1.12. The van der Waals surface area contributed by atoms with Gasteiger partial charge in [-0.15, -0.1) is 0 Å². The first-order valence-corrected chi connectivity index (χ1v) is 6.99. The van der Waals surface area contributed by atoms with E-state index in [1.165, 1.54) is 0 Å². The lowest BCUT2D eigenvalue weighted by atomic mass is 10.3. The van der Waals surface area contributed by atoms with Crippen molar-refractivity contribution < 1.29 is 4.92 Å².